The Balaban J connectivity index is 2.26. The Labute approximate surface area is 113 Å². The molecule has 1 aromatic heterocycles. The van der Waals surface area contributed by atoms with E-state index in [0.29, 0.717) is 11.5 Å². The molecule has 102 valence electrons. The van der Waals surface area contributed by atoms with Gasteiger partial charge < -0.3 is 16.2 Å². The van der Waals surface area contributed by atoms with Crippen LogP contribution in [-0.4, -0.2) is 22.0 Å². The zero-order valence-corrected chi connectivity index (χ0v) is 10.1. The van der Waals surface area contributed by atoms with Gasteiger partial charge in [0.1, 0.15) is 17.3 Å². The van der Waals surface area contributed by atoms with Crippen LogP contribution in [0, 0.1) is 5.82 Å². The van der Waals surface area contributed by atoms with E-state index >= 15 is 0 Å². The lowest BCUT2D eigenvalue weighted by atomic mass is 10.2. The van der Waals surface area contributed by atoms with Crippen LogP contribution in [0.4, 0.5) is 15.9 Å². The van der Waals surface area contributed by atoms with Gasteiger partial charge in [0.05, 0.1) is 5.56 Å². The van der Waals surface area contributed by atoms with Gasteiger partial charge in [-0.3, -0.25) is 4.79 Å². The number of carbonyl (C=O) groups excluding carboxylic acids is 1. The number of pyridine rings is 1. The lowest BCUT2D eigenvalue weighted by Crippen LogP contribution is -2.13. The Bertz CT molecular complexity index is 688. The second-order valence-electron chi connectivity index (χ2n) is 3.90. The molecule has 0 atom stereocenters. The molecule has 4 N–H and O–H groups in total. The highest BCUT2D eigenvalue weighted by Gasteiger charge is 2.11. The molecule has 0 saturated heterocycles. The van der Waals surface area contributed by atoms with Crippen LogP contribution in [0.5, 0.6) is 0 Å². The first-order valence-corrected chi connectivity index (χ1v) is 5.54. The maximum atomic E-state index is 13.5. The molecule has 0 bridgehead atoms. The van der Waals surface area contributed by atoms with Crippen LogP contribution in [0.3, 0.4) is 0 Å². The van der Waals surface area contributed by atoms with E-state index in [9.17, 15) is 14.0 Å². The number of aromatic nitrogens is 1. The molecule has 1 heterocycles. The van der Waals surface area contributed by atoms with Crippen molar-refractivity contribution in [1.82, 2.24) is 4.98 Å². The van der Waals surface area contributed by atoms with E-state index in [0.717, 1.165) is 12.1 Å². The summed E-state index contributed by atoms with van der Waals surface area (Å²) in [5.74, 6) is -2.60. The highest BCUT2D eigenvalue weighted by atomic mass is 19.1. The summed E-state index contributed by atoms with van der Waals surface area (Å²) in [6, 6.07) is 8.14. The average Bonchev–Trinajstić information content (AvgIpc) is 2.38. The molecule has 6 nitrogen and oxygen atoms in total. The number of rotatable bonds is 4. The molecule has 0 spiro atoms. The Morgan fingerprint density at radius 2 is 2.00 bits per heavy atom. The summed E-state index contributed by atoms with van der Waals surface area (Å²) in [7, 11) is 0. The van der Waals surface area contributed by atoms with Crippen LogP contribution < -0.4 is 11.1 Å². The molecule has 20 heavy (non-hydrogen) atoms. The predicted octanol–water partition coefficient (Wildman–Crippen LogP) is 1.76. The molecule has 0 radical (unpaired) electrons. The summed E-state index contributed by atoms with van der Waals surface area (Å²) >= 11 is 0. The van der Waals surface area contributed by atoms with Crippen molar-refractivity contribution in [3.8, 4) is 0 Å². The SMILES string of the molecule is NC(=O)c1cccc(Nc2ccc(C(=O)O)c(F)c2)n1. The standard InChI is InChI=1S/C13H10FN3O3/c14-9-6-7(4-5-8(9)13(19)20)16-11-3-1-2-10(17-11)12(15)18/h1-6H,(H2,15,18)(H,16,17)(H,19,20). The van der Waals surface area contributed by atoms with Gasteiger partial charge in [0, 0.05) is 5.69 Å². The monoisotopic (exact) mass is 275 g/mol. The van der Waals surface area contributed by atoms with Gasteiger partial charge in [0.2, 0.25) is 0 Å². The highest BCUT2D eigenvalue weighted by molar-refractivity contribution is 5.91. The lowest BCUT2D eigenvalue weighted by Gasteiger charge is -2.07. The summed E-state index contributed by atoms with van der Waals surface area (Å²) in [4.78, 5) is 25.6. The molecule has 0 aliphatic heterocycles. The van der Waals surface area contributed by atoms with Crippen molar-refractivity contribution in [2.75, 3.05) is 5.32 Å². The Kier molecular flexibility index (Phi) is 3.60. The average molecular weight is 275 g/mol. The third-order valence-electron chi connectivity index (χ3n) is 2.47. The topological polar surface area (TPSA) is 105 Å². The van der Waals surface area contributed by atoms with Crippen LogP contribution in [-0.2, 0) is 0 Å². The number of hydrogen-bond acceptors (Lipinski definition) is 4. The maximum Gasteiger partial charge on any atom is 0.338 e. The first kappa shape index (κ1) is 13.5. The largest absolute Gasteiger partial charge is 0.478 e. The van der Waals surface area contributed by atoms with Crippen molar-refractivity contribution >= 4 is 23.4 Å². The first-order valence-electron chi connectivity index (χ1n) is 5.54. The molecule has 0 saturated carbocycles. The number of carbonyl (C=O) groups is 2. The number of carboxylic acid groups (broad SMARTS) is 1. The fourth-order valence-corrected chi connectivity index (χ4v) is 1.56. The normalized spacial score (nSPS) is 10.1. The zero-order chi connectivity index (χ0) is 14.7. The molecule has 0 aliphatic rings. The molecular weight excluding hydrogens is 265 g/mol. The summed E-state index contributed by atoms with van der Waals surface area (Å²) in [5.41, 5.74) is 5.05. The fourth-order valence-electron chi connectivity index (χ4n) is 1.56. The van der Waals surface area contributed by atoms with E-state index in [4.69, 9.17) is 10.8 Å². The van der Waals surface area contributed by atoms with Crippen LogP contribution >= 0.6 is 0 Å². The molecule has 2 rings (SSSR count). The molecule has 2 aromatic rings. The molecule has 0 unspecified atom stereocenters. The number of primary amides is 1. The van der Waals surface area contributed by atoms with Gasteiger partial charge in [-0.2, -0.15) is 0 Å². The third-order valence-corrected chi connectivity index (χ3v) is 2.47. The number of halogens is 1. The summed E-state index contributed by atoms with van der Waals surface area (Å²) in [5, 5.41) is 11.5. The van der Waals surface area contributed by atoms with E-state index in [1.165, 1.54) is 12.1 Å². The summed E-state index contributed by atoms with van der Waals surface area (Å²) < 4.78 is 13.5. The van der Waals surface area contributed by atoms with Crippen molar-refractivity contribution in [1.29, 1.82) is 0 Å². The molecular formula is C13H10FN3O3. The number of benzene rings is 1. The molecule has 0 fully saturated rings. The Hall–Kier alpha value is -2.96. The quantitative estimate of drug-likeness (QED) is 0.788. The number of hydrogen-bond donors (Lipinski definition) is 3. The van der Waals surface area contributed by atoms with E-state index in [2.05, 4.69) is 10.3 Å². The number of anilines is 2. The second-order valence-corrected chi connectivity index (χ2v) is 3.90. The second kappa shape index (κ2) is 5.35. The van der Waals surface area contributed by atoms with Crippen molar-refractivity contribution in [2.24, 2.45) is 5.73 Å². The fraction of sp³-hybridized carbons (Fsp3) is 0. The van der Waals surface area contributed by atoms with Gasteiger partial charge in [-0.05, 0) is 30.3 Å². The van der Waals surface area contributed by atoms with E-state index in [1.54, 1.807) is 12.1 Å². The van der Waals surface area contributed by atoms with Crippen molar-refractivity contribution < 1.29 is 19.1 Å². The summed E-state index contributed by atoms with van der Waals surface area (Å²) in [6.45, 7) is 0. The minimum absolute atomic E-state index is 0.0672. The maximum absolute atomic E-state index is 13.5. The zero-order valence-electron chi connectivity index (χ0n) is 10.1. The number of aromatic carboxylic acids is 1. The van der Waals surface area contributed by atoms with E-state index in [-0.39, 0.29) is 5.69 Å². The number of carboxylic acids is 1. The van der Waals surface area contributed by atoms with Gasteiger partial charge in [-0.15, -0.1) is 0 Å². The van der Waals surface area contributed by atoms with Gasteiger partial charge in [0.25, 0.3) is 5.91 Å². The minimum Gasteiger partial charge on any atom is -0.478 e. The van der Waals surface area contributed by atoms with Crippen LogP contribution in [0.25, 0.3) is 0 Å². The number of nitrogens with two attached hydrogens (primary N) is 1. The van der Waals surface area contributed by atoms with Gasteiger partial charge in [-0.1, -0.05) is 6.07 Å². The summed E-state index contributed by atoms with van der Waals surface area (Å²) in [6.07, 6.45) is 0. The minimum atomic E-state index is -1.34. The lowest BCUT2D eigenvalue weighted by molar-refractivity contribution is 0.0691. The van der Waals surface area contributed by atoms with E-state index < -0.39 is 23.3 Å². The number of amides is 1. The van der Waals surface area contributed by atoms with Crippen molar-refractivity contribution in [3.05, 3.63) is 53.5 Å². The predicted molar refractivity (Wildman–Crippen MR) is 69.4 cm³/mol. The smallest absolute Gasteiger partial charge is 0.338 e. The van der Waals surface area contributed by atoms with Gasteiger partial charge in [-0.25, -0.2) is 14.2 Å². The third kappa shape index (κ3) is 2.89. The Morgan fingerprint density at radius 3 is 2.60 bits per heavy atom. The molecule has 1 aromatic carbocycles. The molecule has 1 amide bonds. The molecule has 7 heteroatoms. The van der Waals surface area contributed by atoms with Gasteiger partial charge in [0.15, 0.2) is 0 Å². The Morgan fingerprint density at radius 1 is 1.25 bits per heavy atom. The first-order chi connectivity index (χ1) is 9.47. The van der Waals surface area contributed by atoms with Crippen molar-refractivity contribution in [3.63, 3.8) is 0 Å². The van der Waals surface area contributed by atoms with E-state index in [1.807, 2.05) is 0 Å². The van der Waals surface area contributed by atoms with Crippen LogP contribution in [0.15, 0.2) is 36.4 Å². The molecule has 0 aliphatic carbocycles. The van der Waals surface area contributed by atoms with Crippen molar-refractivity contribution in [2.45, 2.75) is 0 Å². The number of nitrogens with zero attached hydrogens (tertiary/aromatic N) is 1. The van der Waals surface area contributed by atoms with Crippen LogP contribution in [0.2, 0.25) is 0 Å². The van der Waals surface area contributed by atoms with Gasteiger partial charge >= 0.3 is 5.97 Å². The highest BCUT2D eigenvalue weighted by Crippen LogP contribution is 2.18. The number of nitrogens with one attached hydrogen (secondary N) is 1. The van der Waals surface area contributed by atoms with Crippen LogP contribution in [0.1, 0.15) is 20.8 Å².